The summed E-state index contributed by atoms with van der Waals surface area (Å²) in [5.41, 5.74) is 6.81. The number of hydrogen-bond donors (Lipinski definition) is 1. The van der Waals surface area contributed by atoms with E-state index in [-0.39, 0.29) is 11.5 Å². The van der Waals surface area contributed by atoms with Gasteiger partial charge >= 0.3 is 5.97 Å². The molecule has 3 heteroatoms. The third-order valence-electron chi connectivity index (χ3n) is 4.62. The van der Waals surface area contributed by atoms with E-state index in [0.29, 0.717) is 18.4 Å². The van der Waals surface area contributed by atoms with E-state index in [2.05, 4.69) is 0 Å². The van der Waals surface area contributed by atoms with E-state index in [4.69, 9.17) is 10.5 Å². The van der Waals surface area contributed by atoms with Crippen LogP contribution in [0, 0.1) is 5.41 Å². The highest BCUT2D eigenvalue weighted by atomic mass is 16.5. The van der Waals surface area contributed by atoms with E-state index in [1.54, 1.807) is 0 Å². The van der Waals surface area contributed by atoms with E-state index < -0.39 is 0 Å². The molecule has 0 heterocycles. The first-order chi connectivity index (χ1) is 7.58. The molecule has 0 spiro atoms. The molecule has 3 rings (SSSR count). The predicted molar refractivity (Wildman–Crippen MR) is 62.9 cm³/mol. The Morgan fingerprint density at radius 1 is 1.19 bits per heavy atom. The van der Waals surface area contributed by atoms with Gasteiger partial charge in [-0.05, 0) is 57.3 Å². The zero-order chi connectivity index (χ0) is 11.6. The molecule has 2 N–H and O–H groups in total. The number of rotatable bonds is 4. The summed E-state index contributed by atoms with van der Waals surface area (Å²) < 4.78 is 4.99. The summed E-state index contributed by atoms with van der Waals surface area (Å²) in [5.74, 6) is -0.0352. The summed E-state index contributed by atoms with van der Waals surface area (Å²) in [6.07, 6.45) is 8.67. The molecule has 3 aliphatic rings. The number of carbonyl (C=O) groups is 1. The van der Waals surface area contributed by atoms with Gasteiger partial charge in [0.1, 0.15) is 0 Å². The van der Waals surface area contributed by atoms with Crippen LogP contribution in [0.1, 0.15) is 58.3 Å². The maximum atomic E-state index is 11.4. The average Bonchev–Trinajstić information content (AvgIpc) is 2.29. The van der Waals surface area contributed by atoms with Crippen LogP contribution in [-0.2, 0) is 9.53 Å². The van der Waals surface area contributed by atoms with Crippen LogP contribution in [0.4, 0.5) is 0 Å². The van der Waals surface area contributed by atoms with Gasteiger partial charge in [0.2, 0.25) is 0 Å². The number of esters is 1. The molecule has 3 nitrogen and oxygen atoms in total. The summed E-state index contributed by atoms with van der Waals surface area (Å²) in [6, 6.07) is 0. The lowest BCUT2D eigenvalue weighted by atomic mass is 9.56. The summed E-state index contributed by atoms with van der Waals surface area (Å²) in [5, 5.41) is 0. The van der Waals surface area contributed by atoms with Gasteiger partial charge < -0.3 is 10.5 Å². The quantitative estimate of drug-likeness (QED) is 0.747. The number of carbonyl (C=O) groups excluding carboxylic acids is 1. The van der Waals surface area contributed by atoms with E-state index in [9.17, 15) is 4.79 Å². The first-order valence-electron chi connectivity index (χ1n) is 6.52. The third-order valence-corrected chi connectivity index (χ3v) is 4.62. The first kappa shape index (κ1) is 11.9. The monoisotopic (exact) mass is 225 g/mol. The topological polar surface area (TPSA) is 52.3 Å². The van der Waals surface area contributed by atoms with E-state index in [0.717, 1.165) is 25.7 Å². The van der Waals surface area contributed by atoms with Gasteiger partial charge in [-0.2, -0.15) is 0 Å². The Kier molecular flexibility index (Phi) is 3.24. The highest BCUT2D eigenvalue weighted by Gasteiger charge is 2.46. The molecule has 0 aromatic carbocycles. The Morgan fingerprint density at radius 2 is 1.75 bits per heavy atom. The van der Waals surface area contributed by atoms with Gasteiger partial charge in [0, 0.05) is 12.0 Å². The predicted octanol–water partition coefficient (Wildman–Crippen LogP) is 2.38. The van der Waals surface area contributed by atoms with Gasteiger partial charge in [-0.15, -0.1) is 0 Å². The minimum Gasteiger partial charge on any atom is -0.466 e. The molecule has 3 aliphatic carbocycles. The lowest BCUT2D eigenvalue weighted by molar-refractivity contribution is -0.144. The molecule has 3 saturated carbocycles. The second-order valence-corrected chi connectivity index (χ2v) is 5.67. The van der Waals surface area contributed by atoms with Crippen molar-refractivity contribution in [2.24, 2.45) is 11.1 Å². The Bertz CT molecular complexity index is 251. The SMILES string of the molecule is CCOC(=O)CCC12CCC(N)(CC1)CC2. The molecular weight excluding hydrogens is 202 g/mol. The zero-order valence-corrected chi connectivity index (χ0v) is 10.3. The maximum Gasteiger partial charge on any atom is 0.305 e. The van der Waals surface area contributed by atoms with Crippen LogP contribution in [0.2, 0.25) is 0 Å². The molecule has 0 saturated heterocycles. The van der Waals surface area contributed by atoms with Crippen LogP contribution in [0.3, 0.4) is 0 Å². The van der Waals surface area contributed by atoms with Crippen molar-refractivity contribution in [1.29, 1.82) is 0 Å². The van der Waals surface area contributed by atoms with Crippen molar-refractivity contribution >= 4 is 5.97 Å². The normalized spacial score (nSPS) is 37.4. The first-order valence-corrected chi connectivity index (χ1v) is 6.52. The lowest BCUT2D eigenvalue weighted by Gasteiger charge is -2.52. The van der Waals surface area contributed by atoms with Crippen LogP contribution in [-0.4, -0.2) is 18.1 Å². The fourth-order valence-electron chi connectivity index (χ4n) is 3.27. The number of hydrogen-bond acceptors (Lipinski definition) is 3. The second kappa shape index (κ2) is 4.36. The van der Waals surface area contributed by atoms with Gasteiger partial charge in [-0.25, -0.2) is 0 Å². The smallest absolute Gasteiger partial charge is 0.305 e. The van der Waals surface area contributed by atoms with E-state index in [1.165, 1.54) is 19.3 Å². The van der Waals surface area contributed by atoms with Crippen molar-refractivity contribution in [2.45, 2.75) is 63.8 Å². The summed E-state index contributed by atoms with van der Waals surface area (Å²) >= 11 is 0. The Morgan fingerprint density at radius 3 is 2.25 bits per heavy atom. The fourth-order valence-corrected chi connectivity index (χ4v) is 3.27. The molecule has 16 heavy (non-hydrogen) atoms. The van der Waals surface area contributed by atoms with Crippen molar-refractivity contribution in [3.8, 4) is 0 Å². The Balaban J connectivity index is 1.83. The van der Waals surface area contributed by atoms with Gasteiger partial charge in [-0.3, -0.25) is 4.79 Å². The molecule has 0 unspecified atom stereocenters. The van der Waals surface area contributed by atoms with Gasteiger partial charge in [-0.1, -0.05) is 0 Å². The molecule has 0 aromatic heterocycles. The summed E-state index contributed by atoms with van der Waals surface area (Å²) in [7, 11) is 0. The average molecular weight is 225 g/mol. The van der Waals surface area contributed by atoms with Crippen molar-refractivity contribution in [3.05, 3.63) is 0 Å². The molecule has 0 aliphatic heterocycles. The van der Waals surface area contributed by atoms with E-state index in [1.807, 2.05) is 6.92 Å². The highest BCUT2D eigenvalue weighted by Crippen LogP contribution is 2.53. The van der Waals surface area contributed by atoms with Crippen molar-refractivity contribution in [3.63, 3.8) is 0 Å². The second-order valence-electron chi connectivity index (χ2n) is 5.67. The van der Waals surface area contributed by atoms with Crippen LogP contribution in [0.25, 0.3) is 0 Å². The van der Waals surface area contributed by atoms with Crippen LogP contribution < -0.4 is 5.73 Å². The molecule has 0 radical (unpaired) electrons. The molecule has 92 valence electrons. The third kappa shape index (κ3) is 2.40. The van der Waals surface area contributed by atoms with Crippen LogP contribution in [0.5, 0.6) is 0 Å². The minimum absolute atomic E-state index is 0.0352. The zero-order valence-electron chi connectivity index (χ0n) is 10.3. The van der Waals surface area contributed by atoms with Crippen LogP contribution >= 0.6 is 0 Å². The lowest BCUT2D eigenvalue weighted by Crippen LogP contribution is -2.51. The Hall–Kier alpha value is -0.570. The van der Waals surface area contributed by atoms with Gasteiger partial charge in [0.15, 0.2) is 0 Å². The molecular formula is C13H23NO2. The summed E-state index contributed by atoms with van der Waals surface area (Å²) in [4.78, 5) is 11.4. The standard InChI is InChI=1S/C13H23NO2/c1-2-16-11(15)3-4-12-5-8-13(14,9-6-12)10-7-12/h2-10,14H2,1H3. The van der Waals surface area contributed by atoms with Gasteiger partial charge in [0.25, 0.3) is 0 Å². The number of nitrogens with two attached hydrogens (primary N) is 1. The molecule has 0 atom stereocenters. The van der Waals surface area contributed by atoms with E-state index >= 15 is 0 Å². The van der Waals surface area contributed by atoms with Gasteiger partial charge in [0.05, 0.1) is 6.61 Å². The van der Waals surface area contributed by atoms with Crippen LogP contribution in [0.15, 0.2) is 0 Å². The molecule has 0 amide bonds. The highest BCUT2D eigenvalue weighted by molar-refractivity contribution is 5.69. The largest absolute Gasteiger partial charge is 0.466 e. The van der Waals surface area contributed by atoms with Crippen molar-refractivity contribution in [2.75, 3.05) is 6.61 Å². The summed E-state index contributed by atoms with van der Waals surface area (Å²) in [6.45, 7) is 2.36. The molecule has 0 aromatic rings. The number of ether oxygens (including phenoxy) is 1. The fraction of sp³-hybridized carbons (Fsp3) is 0.923. The number of fused-ring (bicyclic) bond motifs is 3. The Labute approximate surface area is 97.7 Å². The molecule has 2 bridgehead atoms. The van der Waals surface area contributed by atoms with Crippen molar-refractivity contribution < 1.29 is 9.53 Å². The maximum absolute atomic E-state index is 11.4. The minimum atomic E-state index is -0.0352. The van der Waals surface area contributed by atoms with Crippen molar-refractivity contribution in [1.82, 2.24) is 0 Å². The molecule has 3 fully saturated rings.